The van der Waals surface area contributed by atoms with Gasteiger partial charge in [0.2, 0.25) is 5.91 Å². The number of ether oxygens (including phenoxy) is 1. The Morgan fingerprint density at radius 2 is 1.54 bits per heavy atom. The van der Waals surface area contributed by atoms with Gasteiger partial charge in [-0.3, -0.25) is 9.59 Å². The van der Waals surface area contributed by atoms with Gasteiger partial charge in [0.1, 0.15) is 12.3 Å². The van der Waals surface area contributed by atoms with Crippen LogP contribution in [0.15, 0.2) is 91.0 Å². The van der Waals surface area contributed by atoms with Gasteiger partial charge in [-0.05, 0) is 36.7 Å². The van der Waals surface area contributed by atoms with Crippen LogP contribution in [0.1, 0.15) is 23.1 Å². The molecule has 6 nitrogen and oxygen atoms in total. The molecule has 0 fully saturated rings. The normalized spacial score (nSPS) is 11.0. The number of benzene rings is 3. The number of nitrogens with zero attached hydrogens (tertiary/aromatic N) is 2. The lowest BCUT2D eigenvalue weighted by atomic mass is 10.1. The van der Waals surface area contributed by atoms with Gasteiger partial charge in [0.05, 0.1) is 13.2 Å². The van der Waals surface area contributed by atoms with Crippen molar-refractivity contribution in [1.82, 2.24) is 9.80 Å². The van der Waals surface area contributed by atoms with Crippen molar-refractivity contribution in [1.29, 1.82) is 0 Å². The minimum absolute atomic E-state index is 0.147. The average molecular weight is 473 g/mol. The first-order valence-electron chi connectivity index (χ1n) is 11.7. The van der Waals surface area contributed by atoms with E-state index in [9.17, 15) is 14.7 Å². The zero-order valence-electron chi connectivity index (χ0n) is 20.0. The van der Waals surface area contributed by atoms with Crippen molar-refractivity contribution in [2.24, 2.45) is 0 Å². The Morgan fingerprint density at radius 3 is 2.26 bits per heavy atom. The van der Waals surface area contributed by atoms with Crippen molar-refractivity contribution in [3.05, 3.63) is 108 Å². The standard InChI is InChI=1S/C29H32N2O4/c1-30(21-25-13-6-3-7-14-25)19-10-20-35-27-16-9-8-15-26(27)22-31(23-29(33)34)28(32)18-17-24-11-4-2-5-12-24/h2-9,11-18H,10,19-23H2,1H3,(H,33,34). The molecule has 3 aromatic rings. The fourth-order valence-electron chi connectivity index (χ4n) is 3.68. The molecule has 6 heteroatoms. The Balaban J connectivity index is 1.56. The van der Waals surface area contributed by atoms with Crippen LogP contribution in [0.4, 0.5) is 0 Å². The van der Waals surface area contributed by atoms with Crippen LogP contribution in [-0.4, -0.2) is 53.5 Å². The molecule has 0 unspecified atom stereocenters. The molecule has 0 spiro atoms. The molecular weight excluding hydrogens is 440 g/mol. The number of amides is 1. The van der Waals surface area contributed by atoms with E-state index in [-0.39, 0.29) is 12.5 Å². The third kappa shape index (κ3) is 9.10. The highest BCUT2D eigenvalue weighted by Crippen LogP contribution is 2.20. The number of carboxylic acids is 1. The summed E-state index contributed by atoms with van der Waals surface area (Å²) < 4.78 is 6.02. The van der Waals surface area contributed by atoms with Crippen LogP contribution in [0.3, 0.4) is 0 Å². The Hall–Kier alpha value is -3.90. The van der Waals surface area contributed by atoms with Crippen molar-refractivity contribution in [3.63, 3.8) is 0 Å². The number of carboxylic acid groups (broad SMARTS) is 1. The fourth-order valence-corrected chi connectivity index (χ4v) is 3.68. The Kier molecular flexibility index (Phi) is 10.1. The summed E-state index contributed by atoms with van der Waals surface area (Å²) in [5, 5.41) is 9.34. The summed E-state index contributed by atoms with van der Waals surface area (Å²) >= 11 is 0. The first-order chi connectivity index (χ1) is 17.0. The van der Waals surface area contributed by atoms with Crippen LogP contribution in [0.5, 0.6) is 5.75 Å². The van der Waals surface area contributed by atoms with Crippen LogP contribution >= 0.6 is 0 Å². The minimum Gasteiger partial charge on any atom is -0.493 e. The molecule has 0 aliphatic heterocycles. The molecule has 0 aliphatic carbocycles. The lowest BCUT2D eigenvalue weighted by molar-refractivity contribution is -0.143. The predicted octanol–water partition coefficient (Wildman–Crippen LogP) is 4.71. The second-order valence-electron chi connectivity index (χ2n) is 8.37. The van der Waals surface area contributed by atoms with Gasteiger partial charge < -0.3 is 19.6 Å². The maximum Gasteiger partial charge on any atom is 0.323 e. The number of aliphatic carboxylic acids is 1. The van der Waals surface area contributed by atoms with Gasteiger partial charge in [-0.15, -0.1) is 0 Å². The average Bonchev–Trinajstić information content (AvgIpc) is 2.86. The lowest BCUT2D eigenvalue weighted by Gasteiger charge is -2.21. The molecule has 0 bridgehead atoms. The predicted molar refractivity (Wildman–Crippen MR) is 138 cm³/mol. The van der Waals surface area contributed by atoms with Gasteiger partial charge in [0.15, 0.2) is 0 Å². The van der Waals surface area contributed by atoms with Gasteiger partial charge in [-0.1, -0.05) is 78.9 Å². The van der Waals surface area contributed by atoms with Gasteiger partial charge in [0.25, 0.3) is 0 Å². The number of carbonyl (C=O) groups is 2. The summed E-state index contributed by atoms with van der Waals surface area (Å²) in [5.74, 6) is -0.770. The Bertz CT molecular complexity index is 1100. The molecular formula is C29H32N2O4. The van der Waals surface area contributed by atoms with Gasteiger partial charge in [0, 0.05) is 24.7 Å². The van der Waals surface area contributed by atoms with Crippen LogP contribution in [-0.2, 0) is 22.7 Å². The summed E-state index contributed by atoms with van der Waals surface area (Å²) in [7, 11) is 2.08. The maximum absolute atomic E-state index is 12.8. The SMILES string of the molecule is CN(CCCOc1ccccc1CN(CC(=O)O)C(=O)C=Cc1ccccc1)Cc1ccccc1. The highest BCUT2D eigenvalue weighted by atomic mass is 16.5. The first-order valence-corrected chi connectivity index (χ1v) is 11.7. The van der Waals surface area contributed by atoms with E-state index in [0.29, 0.717) is 12.4 Å². The Labute approximate surface area is 207 Å². The van der Waals surface area contributed by atoms with E-state index in [1.165, 1.54) is 16.5 Å². The molecule has 0 atom stereocenters. The van der Waals surface area contributed by atoms with Crippen molar-refractivity contribution in [2.45, 2.75) is 19.5 Å². The highest BCUT2D eigenvalue weighted by Gasteiger charge is 2.17. The maximum atomic E-state index is 12.8. The first kappa shape index (κ1) is 25.7. The van der Waals surface area contributed by atoms with E-state index in [4.69, 9.17) is 4.74 Å². The number of para-hydroxylation sites is 1. The molecule has 0 aliphatic rings. The molecule has 0 heterocycles. The zero-order chi connectivity index (χ0) is 24.9. The van der Waals surface area contributed by atoms with E-state index in [1.807, 2.05) is 72.8 Å². The van der Waals surface area contributed by atoms with Crippen molar-refractivity contribution in [2.75, 3.05) is 26.7 Å². The summed E-state index contributed by atoms with van der Waals surface area (Å²) in [4.78, 5) is 27.7. The van der Waals surface area contributed by atoms with E-state index in [1.54, 1.807) is 6.08 Å². The quantitative estimate of drug-likeness (QED) is 0.288. The Morgan fingerprint density at radius 1 is 0.886 bits per heavy atom. The van der Waals surface area contributed by atoms with Crippen molar-refractivity contribution >= 4 is 18.0 Å². The number of carbonyl (C=O) groups excluding carboxylic acids is 1. The van der Waals surface area contributed by atoms with Crippen LogP contribution in [0, 0.1) is 0 Å². The summed E-state index contributed by atoms with van der Waals surface area (Å²) in [5.41, 5.74) is 2.91. The molecule has 35 heavy (non-hydrogen) atoms. The largest absolute Gasteiger partial charge is 0.493 e. The molecule has 0 saturated carbocycles. The molecule has 3 rings (SSSR count). The minimum atomic E-state index is -1.06. The smallest absolute Gasteiger partial charge is 0.323 e. The molecule has 0 aromatic heterocycles. The second-order valence-corrected chi connectivity index (χ2v) is 8.37. The van der Waals surface area contributed by atoms with Crippen molar-refractivity contribution in [3.8, 4) is 5.75 Å². The van der Waals surface area contributed by atoms with E-state index in [2.05, 4.69) is 24.1 Å². The molecule has 1 N–H and O–H groups in total. The van der Waals surface area contributed by atoms with Crippen LogP contribution in [0.25, 0.3) is 6.08 Å². The zero-order valence-corrected chi connectivity index (χ0v) is 20.0. The highest BCUT2D eigenvalue weighted by molar-refractivity contribution is 5.93. The summed E-state index contributed by atoms with van der Waals surface area (Å²) in [6.45, 7) is 2.03. The van der Waals surface area contributed by atoms with Crippen LogP contribution in [0.2, 0.25) is 0 Å². The van der Waals surface area contributed by atoms with Crippen LogP contribution < -0.4 is 4.74 Å². The van der Waals surface area contributed by atoms with Gasteiger partial charge in [-0.25, -0.2) is 0 Å². The third-order valence-corrected chi connectivity index (χ3v) is 5.43. The fraction of sp³-hybridized carbons (Fsp3) is 0.241. The van der Waals surface area contributed by atoms with Gasteiger partial charge >= 0.3 is 5.97 Å². The number of hydrogen-bond acceptors (Lipinski definition) is 4. The number of hydrogen-bond donors (Lipinski definition) is 1. The summed E-state index contributed by atoms with van der Waals surface area (Å²) in [6, 6.07) is 27.2. The number of rotatable bonds is 13. The molecule has 1 amide bonds. The second kappa shape index (κ2) is 13.7. The third-order valence-electron chi connectivity index (χ3n) is 5.43. The summed E-state index contributed by atoms with van der Waals surface area (Å²) in [6.07, 6.45) is 3.94. The topological polar surface area (TPSA) is 70.1 Å². The van der Waals surface area contributed by atoms with Gasteiger partial charge in [-0.2, -0.15) is 0 Å². The van der Waals surface area contributed by atoms with E-state index >= 15 is 0 Å². The molecule has 182 valence electrons. The lowest BCUT2D eigenvalue weighted by Crippen LogP contribution is -2.34. The van der Waals surface area contributed by atoms with E-state index < -0.39 is 12.5 Å². The molecule has 0 saturated heterocycles. The monoisotopic (exact) mass is 472 g/mol. The molecule has 3 aromatic carbocycles. The van der Waals surface area contributed by atoms with Crippen molar-refractivity contribution < 1.29 is 19.4 Å². The molecule has 0 radical (unpaired) electrons. The van der Waals surface area contributed by atoms with E-state index in [0.717, 1.165) is 30.6 Å².